The van der Waals surface area contributed by atoms with Crippen LogP contribution in [-0.2, 0) is 0 Å². The van der Waals surface area contributed by atoms with Crippen LogP contribution in [0.1, 0.15) is 49.9 Å². The number of nitrogens with zero attached hydrogens (tertiary/aromatic N) is 3. The quantitative estimate of drug-likeness (QED) is 0.444. The molecule has 4 rings (SSSR count). The van der Waals surface area contributed by atoms with Gasteiger partial charge in [0, 0.05) is 29.9 Å². The van der Waals surface area contributed by atoms with Gasteiger partial charge in [0.15, 0.2) is 5.82 Å². The zero-order valence-corrected chi connectivity index (χ0v) is 19.5. The highest BCUT2D eigenvalue weighted by Gasteiger charge is 2.17. The van der Waals surface area contributed by atoms with Gasteiger partial charge in [-0.15, -0.1) is 10.2 Å². The van der Waals surface area contributed by atoms with Crippen molar-refractivity contribution >= 4 is 17.4 Å². The number of hydrogen-bond donors (Lipinski definition) is 1. The van der Waals surface area contributed by atoms with E-state index in [4.69, 9.17) is 4.74 Å². The van der Waals surface area contributed by atoms with Gasteiger partial charge in [-0.25, -0.2) is 0 Å². The average Bonchev–Trinajstić information content (AvgIpc) is 2.85. The zero-order chi connectivity index (χ0) is 23.0. The molecule has 3 aromatic rings. The summed E-state index contributed by atoms with van der Waals surface area (Å²) in [6.45, 7) is 7.18. The number of anilines is 2. The number of aromatic nitrogens is 2. The molecule has 1 aliphatic rings. The van der Waals surface area contributed by atoms with Crippen LogP contribution < -0.4 is 15.0 Å². The largest absolute Gasteiger partial charge is 0.494 e. The van der Waals surface area contributed by atoms with Gasteiger partial charge in [-0.2, -0.15) is 0 Å². The number of carbonyl (C=O) groups is 1. The molecule has 0 saturated carbocycles. The summed E-state index contributed by atoms with van der Waals surface area (Å²) in [7, 11) is 0. The van der Waals surface area contributed by atoms with Gasteiger partial charge >= 0.3 is 0 Å². The van der Waals surface area contributed by atoms with E-state index in [9.17, 15) is 4.79 Å². The minimum absolute atomic E-state index is 0.159. The summed E-state index contributed by atoms with van der Waals surface area (Å²) in [4.78, 5) is 15.0. The molecular weight excluding hydrogens is 412 g/mol. The minimum Gasteiger partial charge on any atom is -0.494 e. The van der Waals surface area contributed by atoms with Gasteiger partial charge in [0.05, 0.1) is 12.3 Å². The van der Waals surface area contributed by atoms with Crippen molar-refractivity contribution in [1.82, 2.24) is 10.2 Å². The van der Waals surface area contributed by atoms with Crippen LogP contribution in [0.5, 0.6) is 5.75 Å². The van der Waals surface area contributed by atoms with Crippen molar-refractivity contribution in [1.29, 1.82) is 0 Å². The van der Waals surface area contributed by atoms with E-state index in [1.807, 2.05) is 48.5 Å². The maximum Gasteiger partial charge on any atom is 0.255 e. The van der Waals surface area contributed by atoms with Gasteiger partial charge in [0.1, 0.15) is 5.75 Å². The fourth-order valence-corrected chi connectivity index (χ4v) is 3.88. The van der Waals surface area contributed by atoms with E-state index in [2.05, 4.69) is 34.3 Å². The van der Waals surface area contributed by atoms with Crippen molar-refractivity contribution in [2.45, 2.75) is 39.5 Å². The Morgan fingerprint density at radius 3 is 2.55 bits per heavy atom. The smallest absolute Gasteiger partial charge is 0.255 e. The SMILES string of the molecule is CCCCOc1ccc(C(=O)Nc2cccc(-c3ccc(N4CCC(C)CC4)nn3)c2)cc1. The fourth-order valence-electron chi connectivity index (χ4n) is 3.88. The molecule has 0 radical (unpaired) electrons. The predicted molar refractivity (Wildman–Crippen MR) is 133 cm³/mol. The lowest BCUT2D eigenvalue weighted by atomic mass is 9.99. The molecule has 1 aliphatic heterocycles. The molecule has 0 atom stereocenters. The second-order valence-corrected chi connectivity index (χ2v) is 8.71. The van der Waals surface area contributed by atoms with Gasteiger partial charge in [0.2, 0.25) is 0 Å². The van der Waals surface area contributed by atoms with Crippen molar-refractivity contribution in [3.63, 3.8) is 0 Å². The number of nitrogens with one attached hydrogen (secondary N) is 1. The van der Waals surface area contributed by atoms with E-state index < -0.39 is 0 Å². The normalized spacial score (nSPS) is 14.2. The first-order valence-corrected chi connectivity index (χ1v) is 11.9. The van der Waals surface area contributed by atoms with Crippen LogP contribution in [0.3, 0.4) is 0 Å². The van der Waals surface area contributed by atoms with Crippen LogP contribution in [0.25, 0.3) is 11.3 Å². The van der Waals surface area contributed by atoms with E-state index in [0.717, 1.165) is 60.4 Å². The summed E-state index contributed by atoms with van der Waals surface area (Å²) < 4.78 is 5.67. The molecule has 1 saturated heterocycles. The lowest BCUT2D eigenvalue weighted by Crippen LogP contribution is -2.33. The number of unbranched alkanes of at least 4 members (excludes halogenated alkanes) is 1. The van der Waals surface area contributed by atoms with Gasteiger partial charge in [-0.05, 0) is 73.7 Å². The van der Waals surface area contributed by atoms with Gasteiger partial charge < -0.3 is 15.0 Å². The van der Waals surface area contributed by atoms with Crippen LogP contribution in [-0.4, -0.2) is 35.8 Å². The molecule has 1 aromatic heterocycles. The first kappa shape index (κ1) is 22.8. The minimum atomic E-state index is -0.159. The number of ether oxygens (including phenoxy) is 1. The van der Waals surface area contributed by atoms with Crippen LogP contribution in [0, 0.1) is 5.92 Å². The van der Waals surface area contributed by atoms with Crippen molar-refractivity contribution in [3.8, 4) is 17.0 Å². The Kier molecular flexibility index (Phi) is 7.55. The summed E-state index contributed by atoms with van der Waals surface area (Å²) >= 11 is 0. The summed E-state index contributed by atoms with van der Waals surface area (Å²) in [5, 5.41) is 11.9. The molecule has 33 heavy (non-hydrogen) atoms. The van der Waals surface area contributed by atoms with Crippen molar-refractivity contribution in [2.75, 3.05) is 29.9 Å². The van der Waals surface area contributed by atoms with Gasteiger partial charge in [-0.3, -0.25) is 4.79 Å². The summed E-state index contributed by atoms with van der Waals surface area (Å²) in [5.74, 6) is 2.33. The highest BCUT2D eigenvalue weighted by Crippen LogP contribution is 2.25. The average molecular weight is 445 g/mol. The molecule has 6 nitrogen and oxygen atoms in total. The van der Waals surface area contributed by atoms with E-state index in [0.29, 0.717) is 12.2 Å². The highest BCUT2D eigenvalue weighted by molar-refractivity contribution is 6.04. The maximum absolute atomic E-state index is 12.7. The monoisotopic (exact) mass is 444 g/mol. The molecule has 172 valence electrons. The van der Waals surface area contributed by atoms with E-state index in [1.54, 1.807) is 12.1 Å². The van der Waals surface area contributed by atoms with Crippen molar-refractivity contribution in [2.24, 2.45) is 5.92 Å². The second kappa shape index (κ2) is 10.9. The molecule has 0 spiro atoms. The number of rotatable bonds is 8. The highest BCUT2D eigenvalue weighted by atomic mass is 16.5. The molecule has 1 N–H and O–H groups in total. The van der Waals surface area contributed by atoms with E-state index in [1.165, 1.54) is 12.8 Å². The van der Waals surface area contributed by atoms with Crippen LogP contribution in [0.4, 0.5) is 11.5 Å². The zero-order valence-electron chi connectivity index (χ0n) is 19.5. The molecule has 2 heterocycles. The Labute approximate surface area is 196 Å². The summed E-state index contributed by atoms with van der Waals surface area (Å²) in [5.41, 5.74) is 3.01. The molecule has 2 aromatic carbocycles. The fraction of sp³-hybridized carbons (Fsp3) is 0.370. The first-order chi connectivity index (χ1) is 16.1. The number of carbonyl (C=O) groups excluding carboxylic acids is 1. The van der Waals surface area contributed by atoms with Gasteiger partial charge in [-0.1, -0.05) is 32.4 Å². The molecule has 0 aliphatic carbocycles. The molecule has 0 bridgehead atoms. The van der Waals surface area contributed by atoms with E-state index >= 15 is 0 Å². The Bertz CT molecular complexity index is 1040. The lowest BCUT2D eigenvalue weighted by molar-refractivity contribution is 0.102. The maximum atomic E-state index is 12.7. The third kappa shape index (κ3) is 6.09. The summed E-state index contributed by atoms with van der Waals surface area (Å²) in [6, 6.07) is 19.0. The second-order valence-electron chi connectivity index (χ2n) is 8.71. The Balaban J connectivity index is 1.39. The topological polar surface area (TPSA) is 67.3 Å². The van der Waals surface area contributed by atoms with Crippen LogP contribution in [0.2, 0.25) is 0 Å². The lowest BCUT2D eigenvalue weighted by Gasteiger charge is -2.30. The van der Waals surface area contributed by atoms with Gasteiger partial charge in [0.25, 0.3) is 5.91 Å². The Morgan fingerprint density at radius 1 is 1.06 bits per heavy atom. The first-order valence-electron chi connectivity index (χ1n) is 11.9. The standard InChI is InChI=1S/C27H32N4O2/c1-3-4-18-33-24-10-8-21(9-11-24)27(32)28-23-7-5-6-22(19-23)25-12-13-26(30-29-25)31-16-14-20(2)15-17-31/h5-13,19-20H,3-4,14-18H2,1-2H3,(H,28,32). The Morgan fingerprint density at radius 2 is 1.85 bits per heavy atom. The number of amides is 1. The van der Waals surface area contributed by atoms with Crippen molar-refractivity contribution < 1.29 is 9.53 Å². The van der Waals surface area contributed by atoms with E-state index in [-0.39, 0.29) is 5.91 Å². The number of piperidine rings is 1. The molecule has 0 unspecified atom stereocenters. The van der Waals surface area contributed by atoms with Crippen molar-refractivity contribution in [3.05, 3.63) is 66.2 Å². The van der Waals surface area contributed by atoms with Crippen LogP contribution in [0.15, 0.2) is 60.7 Å². The Hall–Kier alpha value is -3.41. The third-order valence-electron chi connectivity index (χ3n) is 6.06. The number of benzene rings is 2. The molecule has 1 amide bonds. The molecule has 6 heteroatoms. The third-order valence-corrected chi connectivity index (χ3v) is 6.06. The summed E-state index contributed by atoms with van der Waals surface area (Å²) in [6.07, 6.45) is 4.50. The van der Waals surface area contributed by atoms with Crippen LogP contribution >= 0.6 is 0 Å². The number of hydrogen-bond acceptors (Lipinski definition) is 5. The molecular formula is C27H32N4O2. The predicted octanol–water partition coefficient (Wildman–Crippen LogP) is 5.81. The molecule has 1 fully saturated rings.